The number of hydrogen-bond donors (Lipinski definition) is 3. The fraction of sp³-hybridized carbons (Fsp3) is 0.742. The minimum atomic E-state index is -0.825. The summed E-state index contributed by atoms with van der Waals surface area (Å²) >= 11 is 0. The third kappa shape index (κ3) is 49.5. The Kier molecular flexibility index (Phi) is 52.6. The predicted molar refractivity (Wildman–Crippen MR) is 296 cm³/mol. The lowest BCUT2D eigenvalue weighted by atomic mass is 10.0. The average Bonchev–Trinajstić information content (AvgIpc) is 3.33. The van der Waals surface area contributed by atoms with Crippen LogP contribution in [0.2, 0.25) is 0 Å². The van der Waals surface area contributed by atoms with E-state index in [9.17, 15) is 19.8 Å². The van der Waals surface area contributed by atoms with E-state index >= 15 is 0 Å². The molecule has 0 saturated carbocycles. The number of amides is 1. The predicted octanol–water partition coefficient (Wildman–Crippen LogP) is 17.9. The maximum absolute atomic E-state index is 13.2. The van der Waals surface area contributed by atoms with Crippen LogP contribution in [0, 0.1) is 0 Å². The summed E-state index contributed by atoms with van der Waals surface area (Å²) in [4.78, 5) is 26.2. The summed E-state index contributed by atoms with van der Waals surface area (Å²) in [5.74, 6) is -0.637. The molecule has 0 aliphatic heterocycles. The fourth-order valence-corrected chi connectivity index (χ4v) is 8.36. The first-order chi connectivity index (χ1) is 33.5. The first kappa shape index (κ1) is 65.0. The Morgan fingerprint density at radius 2 is 0.824 bits per heavy atom. The van der Waals surface area contributed by atoms with Crippen molar-refractivity contribution < 1.29 is 24.5 Å². The van der Waals surface area contributed by atoms with Crippen molar-refractivity contribution in [2.75, 3.05) is 6.61 Å². The van der Waals surface area contributed by atoms with Crippen LogP contribution in [0.3, 0.4) is 0 Å². The number of carbonyl (C=O) groups excluding carboxylic acids is 2. The summed E-state index contributed by atoms with van der Waals surface area (Å²) in [6, 6.07) is -0.749. The van der Waals surface area contributed by atoms with Crippen molar-refractivity contribution >= 4 is 11.9 Å². The smallest absolute Gasteiger partial charge is 0.306 e. The fourth-order valence-electron chi connectivity index (χ4n) is 8.36. The standard InChI is InChI=1S/C62H109NO5/c1-4-7-10-13-16-19-22-25-28-30-32-34-37-40-43-46-49-52-55-62(67)68-58(53-50-47-44-41-38-35-33-31-29-26-23-20-17-14-11-8-5-2)56-61(66)63-59(57-64)60(65)54-51-48-45-42-39-36-27-24-21-18-15-12-9-6-3/h8,11,17,20,26,29,32-35,41,44,50,53,58-60,64-65H,4-7,9-10,12-16,18-19,21-25,27-28,30-31,36-40,42-43,45-49,51-52,54-57H2,1-3H3,(H,63,66)/b11-8-,20-17-,29-26-,34-32+,35-33-,44-41-,53-50-. The molecule has 6 nitrogen and oxygen atoms in total. The lowest BCUT2D eigenvalue weighted by Crippen LogP contribution is -2.46. The minimum Gasteiger partial charge on any atom is -0.458 e. The van der Waals surface area contributed by atoms with Crippen LogP contribution in [-0.2, 0) is 14.3 Å². The van der Waals surface area contributed by atoms with Crippen molar-refractivity contribution in [3.63, 3.8) is 0 Å². The molecule has 0 aliphatic rings. The van der Waals surface area contributed by atoms with Gasteiger partial charge in [-0.25, -0.2) is 0 Å². The summed E-state index contributed by atoms with van der Waals surface area (Å²) in [5.41, 5.74) is 0. The van der Waals surface area contributed by atoms with Gasteiger partial charge in [0.15, 0.2) is 0 Å². The topological polar surface area (TPSA) is 95.9 Å². The van der Waals surface area contributed by atoms with E-state index < -0.39 is 18.2 Å². The number of rotatable bonds is 51. The van der Waals surface area contributed by atoms with Crippen molar-refractivity contribution in [2.24, 2.45) is 0 Å². The number of ether oxygens (including phenoxy) is 1. The SMILES string of the molecule is CC/C=C\C/C=C\C/C=C\C/C=C\C/C=C\C/C=C\C(CC(=O)NC(CO)C(O)CCCCCCCCCCCCCCCC)OC(=O)CCCCCCC/C=C/CCCCCCCCCCC. The molecule has 0 saturated heterocycles. The Balaban J connectivity index is 4.73. The molecule has 68 heavy (non-hydrogen) atoms. The Labute approximate surface area is 421 Å². The summed E-state index contributed by atoms with van der Waals surface area (Å²) in [6.45, 7) is 6.35. The summed E-state index contributed by atoms with van der Waals surface area (Å²) in [5, 5.41) is 23.8. The molecule has 0 fully saturated rings. The number of carbonyl (C=O) groups is 2. The van der Waals surface area contributed by atoms with Crippen molar-refractivity contribution in [3.8, 4) is 0 Å². The summed E-state index contributed by atoms with van der Waals surface area (Å²) in [7, 11) is 0. The van der Waals surface area contributed by atoms with Gasteiger partial charge in [0.1, 0.15) is 6.10 Å². The van der Waals surface area contributed by atoms with Gasteiger partial charge in [-0.1, -0.05) is 260 Å². The maximum Gasteiger partial charge on any atom is 0.306 e. The van der Waals surface area contributed by atoms with Crippen molar-refractivity contribution in [2.45, 2.75) is 289 Å². The molecule has 0 aliphatic carbocycles. The van der Waals surface area contributed by atoms with Crippen LogP contribution in [0.1, 0.15) is 271 Å². The molecule has 3 N–H and O–H groups in total. The molecule has 392 valence electrons. The van der Waals surface area contributed by atoms with Crippen LogP contribution in [0.25, 0.3) is 0 Å². The summed E-state index contributed by atoms with van der Waals surface area (Å²) in [6.07, 6.45) is 72.5. The molecular weight excluding hydrogens is 839 g/mol. The van der Waals surface area contributed by atoms with Crippen LogP contribution in [0.5, 0.6) is 0 Å². The molecule has 0 heterocycles. The zero-order chi connectivity index (χ0) is 49.5. The van der Waals surface area contributed by atoms with Crippen molar-refractivity contribution in [1.82, 2.24) is 5.32 Å². The van der Waals surface area contributed by atoms with Gasteiger partial charge in [-0.2, -0.15) is 0 Å². The van der Waals surface area contributed by atoms with E-state index in [1.165, 1.54) is 141 Å². The molecule has 0 rings (SSSR count). The molecule has 0 spiro atoms. The van der Waals surface area contributed by atoms with Crippen LogP contribution in [0.4, 0.5) is 0 Å². The highest BCUT2D eigenvalue weighted by Gasteiger charge is 2.23. The van der Waals surface area contributed by atoms with E-state index in [0.717, 1.165) is 83.5 Å². The molecule has 1 amide bonds. The number of unbranched alkanes of at least 4 members (excludes halogenated alkanes) is 27. The second-order valence-electron chi connectivity index (χ2n) is 19.3. The number of hydrogen-bond acceptors (Lipinski definition) is 5. The first-order valence-corrected chi connectivity index (χ1v) is 28.8. The van der Waals surface area contributed by atoms with Crippen LogP contribution >= 0.6 is 0 Å². The molecule has 3 unspecified atom stereocenters. The Morgan fingerprint density at radius 3 is 1.24 bits per heavy atom. The highest BCUT2D eigenvalue weighted by atomic mass is 16.5. The molecule has 0 aromatic rings. The van der Waals surface area contributed by atoms with Gasteiger partial charge in [-0.3, -0.25) is 9.59 Å². The highest BCUT2D eigenvalue weighted by Crippen LogP contribution is 2.16. The second kappa shape index (κ2) is 55.0. The van der Waals surface area contributed by atoms with Gasteiger partial charge in [-0.15, -0.1) is 0 Å². The molecule has 0 aromatic heterocycles. The van der Waals surface area contributed by atoms with Gasteiger partial charge in [0.25, 0.3) is 0 Å². The zero-order valence-corrected chi connectivity index (χ0v) is 44.7. The normalized spacial score (nSPS) is 13.8. The number of nitrogens with one attached hydrogen (secondary N) is 1. The molecular formula is C62H109NO5. The van der Waals surface area contributed by atoms with E-state index in [2.05, 4.69) is 99.0 Å². The van der Waals surface area contributed by atoms with Crippen molar-refractivity contribution in [3.05, 3.63) is 85.1 Å². The first-order valence-electron chi connectivity index (χ1n) is 28.8. The molecule has 6 heteroatoms. The van der Waals surface area contributed by atoms with E-state index in [1.54, 1.807) is 6.08 Å². The molecule has 3 atom stereocenters. The van der Waals surface area contributed by atoms with E-state index in [4.69, 9.17) is 4.74 Å². The van der Waals surface area contributed by atoms with Crippen LogP contribution < -0.4 is 5.32 Å². The van der Waals surface area contributed by atoms with Crippen LogP contribution in [0.15, 0.2) is 85.1 Å². The number of aliphatic hydroxyl groups excluding tert-OH is 2. The van der Waals surface area contributed by atoms with Gasteiger partial charge < -0.3 is 20.3 Å². The van der Waals surface area contributed by atoms with Gasteiger partial charge >= 0.3 is 5.97 Å². The Bertz CT molecular complexity index is 1290. The molecule has 0 aromatic carbocycles. The number of aliphatic hydroxyl groups is 2. The molecule has 0 bridgehead atoms. The zero-order valence-electron chi connectivity index (χ0n) is 44.7. The highest BCUT2D eigenvalue weighted by molar-refractivity contribution is 5.78. The van der Waals surface area contributed by atoms with Gasteiger partial charge in [-0.05, 0) is 83.1 Å². The van der Waals surface area contributed by atoms with Crippen molar-refractivity contribution in [1.29, 1.82) is 0 Å². The maximum atomic E-state index is 13.2. The summed E-state index contributed by atoms with van der Waals surface area (Å²) < 4.78 is 5.85. The Morgan fingerprint density at radius 1 is 0.456 bits per heavy atom. The van der Waals surface area contributed by atoms with E-state index in [-0.39, 0.29) is 24.9 Å². The quantitative estimate of drug-likeness (QED) is 0.0321. The van der Waals surface area contributed by atoms with Crippen LogP contribution in [-0.4, -0.2) is 46.9 Å². The largest absolute Gasteiger partial charge is 0.458 e. The van der Waals surface area contributed by atoms with Gasteiger partial charge in [0.2, 0.25) is 5.91 Å². The van der Waals surface area contributed by atoms with E-state index in [1.807, 2.05) is 6.08 Å². The Hall–Kier alpha value is -2.96. The number of allylic oxidation sites excluding steroid dienone is 13. The third-order valence-electron chi connectivity index (χ3n) is 12.7. The monoisotopic (exact) mass is 948 g/mol. The lowest BCUT2D eigenvalue weighted by Gasteiger charge is -2.23. The number of esters is 1. The van der Waals surface area contributed by atoms with Gasteiger partial charge in [0.05, 0.1) is 25.2 Å². The van der Waals surface area contributed by atoms with Gasteiger partial charge in [0, 0.05) is 6.42 Å². The lowest BCUT2D eigenvalue weighted by molar-refractivity contribution is -0.148. The second-order valence-corrected chi connectivity index (χ2v) is 19.3. The average molecular weight is 949 g/mol. The molecule has 0 radical (unpaired) electrons. The third-order valence-corrected chi connectivity index (χ3v) is 12.7. The van der Waals surface area contributed by atoms with E-state index in [0.29, 0.717) is 19.3 Å². The minimum absolute atomic E-state index is 0.0529.